The number of likely N-dealkylation sites (N-methyl/N-ethyl adjacent to an activating group) is 1. The molecule has 6 heterocycles. The number of carbonyl (C=O) groups is 4. The number of hydrazine groups is 1. The highest BCUT2D eigenvalue weighted by atomic mass is 32.1. The van der Waals surface area contributed by atoms with Crippen LogP contribution in [-0.2, 0) is 43.3 Å². The molecule has 0 radical (unpaired) electrons. The van der Waals surface area contributed by atoms with Crippen LogP contribution in [0.25, 0.3) is 33.4 Å². The summed E-state index contributed by atoms with van der Waals surface area (Å²) < 4.78 is 8.17. The summed E-state index contributed by atoms with van der Waals surface area (Å²) in [6.45, 7) is 18.1. The van der Waals surface area contributed by atoms with Crippen LogP contribution in [0.3, 0.4) is 0 Å². The summed E-state index contributed by atoms with van der Waals surface area (Å²) in [7, 11) is 3.34. The van der Waals surface area contributed by atoms with E-state index in [2.05, 4.69) is 78.0 Å². The first-order valence-corrected chi connectivity index (χ1v) is 23.2. The Kier molecular flexibility index (Phi) is 14.0. The molecule has 4 aromatic rings. The molecule has 6 bridgehead atoms. The number of nitrogens with zero attached hydrogens (tertiary/aromatic N) is 7. The third kappa shape index (κ3) is 9.65. The van der Waals surface area contributed by atoms with Crippen molar-refractivity contribution in [3.8, 4) is 22.5 Å². The summed E-state index contributed by atoms with van der Waals surface area (Å²) in [6, 6.07) is 4.64. The van der Waals surface area contributed by atoms with Crippen molar-refractivity contribution < 1.29 is 23.9 Å². The number of methoxy groups -OCH3 is 1. The fourth-order valence-corrected chi connectivity index (χ4v) is 10.4. The van der Waals surface area contributed by atoms with Crippen LogP contribution in [0, 0.1) is 17.3 Å². The molecular weight excluding hydrogens is 815 g/mol. The average molecular weight is 878 g/mol. The third-order valence-electron chi connectivity index (χ3n) is 12.9. The monoisotopic (exact) mass is 877 g/mol. The fraction of sp³-hybridized carbons (Fsp3) is 0.521. The summed E-state index contributed by atoms with van der Waals surface area (Å²) in [5.41, 5.74) is 10.3. The van der Waals surface area contributed by atoms with E-state index in [0.717, 1.165) is 71.3 Å². The number of benzene rings is 1. The topological polar surface area (TPSA) is 155 Å². The van der Waals surface area contributed by atoms with Crippen LogP contribution >= 0.6 is 11.3 Å². The van der Waals surface area contributed by atoms with Crippen molar-refractivity contribution in [3.63, 3.8) is 0 Å². The first-order chi connectivity index (χ1) is 30.1. The van der Waals surface area contributed by atoms with Gasteiger partial charge in [-0.1, -0.05) is 52.5 Å². The van der Waals surface area contributed by atoms with Crippen LogP contribution in [0.4, 0.5) is 0 Å². The van der Waals surface area contributed by atoms with E-state index in [0.29, 0.717) is 24.5 Å². The Morgan fingerprint density at radius 2 is 1.97 bits per heavy atom. The van der Waals surface area contributed by atoms with Crippen LogP contribution in [0.5, 0.6) is 0 Å². The van der Waals surface area contributed by atoms with Crippen LogP contribution in [0.1, 0.15) is 89.6 Å². The number of hydrogen-bond acceptors (Lipinski definition) is 10. The van der Waals surface area contributed by atoms with Crippen molar-refractivity contribution in [2.24, 2.45) is 17.3 Å². The van der Waals surface area contributed by atoms with Gasteiger partial charge in [0.25, 0.3) is 5.91 Å². The van der Waals surface area contributed by atoms with Crippen LogP contribution in [-0.4, -0.2) is 110 Å². The molecule has 0 aliphatic carbocycles. The normalized spacial score (nSPS) is 21.8. The molecule has 0 unspecified atom stereocenters. The molecule has 3 aromatic heterocycles. The van der Waals surface area contributed by atoms with Crippen molar-refractivity contribution >= 4 is 45.9 Å². The summed E-state index contributed by atoms with van der Waals surface area (Å²) in [4.78, 5) is 72.6. The largest absolute Gasteiger partial charge is 0.375 e. The summed E-state index contributed by atoms with van der Waals surface area (Å²) in [5.74, 6) is -1.77. The zero-order valence-electron chi connectivity index (χ0n) is 38.0. The smallest absolute Gasteiger partial charge is 0.259 e. The number of likely N-dealkylation sites (tertiary alicyclic amines) is 1. The maximum Gasteiger partial charge on any atom is 0.259 e. The number of aromatic nitrogens is 4. The first kappa shape index (κ1) is 45.8. The molecule has 336 valence electrons. The van der Waals surface area contributed by atoms with Gasteiger partial charge in [0.1, 0.15) is 18.4 Å². The van der Waals surface area contributed by atoms with Gasteiger partial charge in [-0.15, -0.1) is 11.3 Å². The molecule has 7 rings (SSSR count). The van der Waals surface area contributed by atoms with Gasteiger partial charge in [-0.3, -0.25) is 24.2 Å². The predicted molar refractivity (Wildman–Crippen MR) is 246 cm³/mol. The molecular formula is C48H63N9O5S. The Hall–Kier alpha value is -5.25. The van der Waals surface area contributed by atoms with E-state index < -0.39 is 23.9 Å². The second-order valence-corrected chi connectivity index (χ2v) is 19.3. The highest BCUT2D eigenvalue weighted by Crippen LogP contribution is 2.42. The van der Waals surface area contributed by atoms with E-state index >= 15 is 0 Å². The second-order valence-electron chi connectivity index (χ2n) is 18.3. The van der Waals surface area contributed by atoms with Gasteiger partial charge in [0.15, 0.2) is 0 Å². The lowest BCUT2D eigenvalue weighted by Crippen LogP contribution is -2.61. The Morgan fingerprint density at radius 3 is 2.70 bits per heavy atom. The Labute approximate surface area is 375 Å². The average Bonchev–Trinajstić information content (AvgIpc) is 4.03. The minimum absolute atomic E-state index is 0.0778. The molecule has 1 aromatic carbocycles. The van der Waals surface area contributed by atoms with E-state index in [4.69, 9.17) is 14.7 Å². The van der Waals surface area contributed by atoms with Crippen molar-refractivity contribution in [2.75, 3.05) is 33.8 Å². The molecule has 5 atom stereocenters. The minimum Gasteiger partial charge on any atom is -0.375 e. The fourth-order valence-electron chi connectivity index (χ4n) is 9.57. The van der Waals surface area contributed by atoms with Crippen molar-refractivity contribution in [3.05, 3.63) is 77.2 Å². The number of amides is 4. The molecule has 2 fully saturated rings. The second kappa shape index (κ2) is 19.2. The van der Waals surface area contributed by atoms with Gasteiger partial charge >= 0.3 is 0 Å². The number of nitrogens with one attached hydrogen (secondary N) is 2. The van der Waals surface area contributed by atoms with Crippen molar-refractivity contribution in [1.29, 1.82) is 0 Å². The first-order valence-electron chi connectivity index (χ1n) is 22.3. The Morgan fingerprint density at radius 1 is 1.17 bits per heavy atom. The maximum atomic E-state index is 14.6. The zero-order valence-corrected chi connectivity index (χ0v) is 38.8. The molecule has 4 amide bonds. The third-order valence-corrected chi connectivity index (χ3v) is 13.8. The number of allylic oxidation sites excluding steroid dienone is 1. The highest BCUT2D eigenvalue weighted by molar-refractivity contribution is 7.10. The lowest BCUT2D eigenvalue weighted by Gasteiger charge is -2.36. The molecule has 0 spiro atoms. The van der Waals surface area contributed by atoms with E-state index in [1.165, 1.54) is 27.9 Å². The number of aryl methyl sites for hydroxylation is 1. The van der Waals surface area contributed by atoms with Crippen LogP contribution in [0.2, 0.25) is 0 Å². The lowest BCUT2D eigenvalue weighted by molar-refractivity contribution is -0.146. The molecule has 2 N–H and O–H groups in total. The van der Waals surface area contributed by atoms with Gasteiger partial charge in [-0.2, -0.15) is 0 Å². The van der Waals surface area contributed by atoms with Gasteiger partial charge in [-0.25, -0.2) is 20.4 Å². The van der Waals surface area contributed by atoms with Crippen molar-refractivity contribution in [1.82, 2.24) is 45.1 Å². The number of fused-ring (bicyclic) bond motifs is 6. The van der Waals surface area contributed by atoms with Gasteiger partial charge in [-0.05, 0) is 81.1 Å². The minimum atomic E-state index is -0.950. The molecule has 15 heteroatoms. The summed E-state index contributed by atoms with van der Waals surface area (Å²) in [5, 5.41) is 8.60. The number of hydrogen-bond donors (Lipinski definition) is 2. The van der Waals surface area contributed by atoms with E-state index in [-0.39, 0.29) is 54.2 Å². The summed E-state index contributed by atoms with van der Waals surface area (Å²) in [6.07, 6.45) is 12.8. The quantitative estimate of drug-likeness (QED) is 0.134. The Bertz CT molecular complexity index is 2390. The molecule has 3 aliphatic rings. The number of thiazole rings is 1. The van der Waals surface area contributed by atoms with Gasteiger partial charge < -0.3 is 24.4 Å². The number of carbonyl (C=O) groups excluding carboxylic acids is 4. The standard InChI is InChI=1S/C48H63N9O5S/c1-10-41(58)55-21-18-32(26-55)46(60)54(8)43(29(3)4)45(59)52-37-23-40-51-38(27-63-40)31-16-17-39-34(22-31)35(44(56(39)11-2)36-25-49-28-50-42(36)30(5)62-9)24-48(6,7)19-12-14-33-15-13-20-57(53-33)47(37)61/h10,12,14,16-17,22,25,27-30,32-33,37,43,53H,1,11,13,15,18-21,23-24,26H2,2-9H3,(H,52,59)/b14-12+/t30-,32-,33+,37-,43-/m0/s1. The van der Waals surface area contributed by atoms with Crippen LogP contribution in [0.15, 0.2) is 60.9 Å². The molecule has 0 saturated carbocycles. The molecule has 2 saturated heterocycles. The van der Waals surface area contributed by atoms with Crippen molar-refractivity contribution in [2.45, 2.75) is 111 Å². The van der Waals surface area contributed by atoms with Crippen LogP contribution < -0.4 is 10.7 Å². The van der Waals surface area contributed by atoms with Gasteiger partial charge in [0, 0.05) is 86.4 Å². The molecule has 63 heavy (non-hydrogen) atoms. The molecule has 3 aliphatic heterocycles. The van der Waals surface area contributed by atoms with Gasteiger partial charge in [0.05, 0.1) is 34.1 Å². The molecule has 14 nitrogen and oxygen atoms in total. The highest BCUT2D eigenvalue weighted by Gasteiger charge is 2.39. The number of rotatable bonds is 10. The number of ether oxygens (including phenoxy) is 1. The van der Waals surface area contributed by atoms with Gasteiger partial charge in [0.2, 0.25) is 17.7 Å². The van der Waals surface area contributed by atoms with E-state index in [9.17, 15) is 19.2 Å². The maximum absolute atomic E-state index is 14.6. The SMILES string of the molecule is C=CC(=O)N1CC[C@H](C(=O)N(C)[C@H](C(=O)N[C@H]2Cc3nc(cs3)-c3ccc4c(c3)c(c(-c3cncnc3[C@H](C)OC)n4CC)CC(C)(C)C/C=C/[C@@H]3CCCN(N3)C2=O)C(C)C)C1. The summed E-state index contributed by atoms with van der Waals surface area (Å²) >= 11 is 1.46. The van der Waals surface area contributed by atoms with E-state index in [1.807, 2.05) is 32.3 Å². The zero-order chi connectivity index (χ0) is 45.2. The predicted octanol–water partition coefficient (Wildman–Crippen LogP) is 6.52. The lowest BCUT2D eigenvalue weighted by atomic mass is 9.80. The van der Waals surface area contributed by atoms with E-state index in [1.54, 1.807) is 30.4 Å². The Balaban J connectivity index is 1.26.